The maximum Gasteiger partial charge on any atom is 0.320 e. The van der Waals surface area contributed by atoms with E-state index in [4.69, 9.17) is 9.47 Å². The van der Waals surface area contributed by atoms with Crippen LogP contribution in [0.4, 0.5) is 0 Å². The average Bonchev–Trinajstić information content (AvgIpc) is 2.69. The van der Waals surface area contributed by atoms with E-state index in [-0.39, 0.29) is 18.5 Å². The molecule has 0 spiro atoms. The van der Waals surface area contributed by atoms with Crippen LogP contribution in [0.1, 0.15) is 74.7 Å². The number of hydrogen-bond acceptors (Lipinski definition) is 8. The number of aliphatic hydroxyl groups is 3. The van der Waals surface area contributed by atoms with Crippen molar-refractivity contribution in [1.82, 2.24) is 5.32 Å². The lowest BCUT2D eigenvalue weighted by atomic mass is 9.40. The standard InChI is InChI=1S/C26H43NO7/c1-10-23(7)13-16(29)26(32)24(8)15(28)11-12-22(5,6)19(24)18(31)20(25(26,9)34-23)33-17(30)14-27-21(2,3)4/h10,15,18-20,27-28,31-32H,1,11-14H2,2-9H3/t15-,18-,19-,20-,23-,24-,25+,26-/m0/s1. The van der Waals surface area contributed by atoms with Crippen LogP contribution in [0.3, 0.4) is 0 Å². The Labute approximate surface area is 203 Å². The zero-order chi connectivity index (χ0) is 26.1. The van der Waals surface area contributed by atoms with Crippen LogP contribution in [0.5, 0.6) is 0 Å². The zero-order valence-electron chi connectivity index (χ0n) is 21.9. The number of rotatable bonds is 4. The van der Waals surface area contributed by atoms with Gasteiger partial charge in [-0.15, -0.1) is 6.58 Å². The van der Waals surface area contributed by atoms with Crippen LogP contribution in [-0.2, 0) is 19.1 Å². The lowest BCUT2D eigenvalue weighted by Crippen LogP contribution is -2.86. The van der Waals surface area contributed by atoms with Crippen molar-refractivity contribution in [3.63, 3.8) is 0 Å². The van der Waals surface area contributed by atoms with Crippen molar-refractivity contribution in [3.05, 3.63) is 12.7 Å². The predicted octanol–water partition coefficient (Wildman–Crippen LogP) is 1.89. The average molecular weight is 482 g/mol. The summed E-state index contributed by atoms with van der Waals surface area (Å²) in [6, 6.07) is 0. The highest BCUT2D eigenvalue weighted by Gasteiger charge is 2.81. The molecule has 0 amide bonds. The van der Waals surface area contributed by atoms with Gasteiger partial charge in [0.15, 0.2) is 17.5 Å². The Kier molecular flexibility index (Phi) is 6.50. The molecule has 8 nitrogen and oxygen atoms in total. The van der Waals surface area contributed by atoms with Crippen molar-refractivity contribution in [1.29, 1.82) is 0 Å². The third-order valence-electron chi connectivity index (χ3n) is 8.75. The fourth-order valence-corrected chi connectivity index (χ4v) is 7.00. The van der Waals surface area contributed by atoms with Crippen LogP contribution in [0.2, 0.25) is 0 Å². The lowest BCUT2D eigenvalue weighted by Gasteiger charge is -2.71. The number of hydrogen-bond donors (Lipinski definition) is 4. The number of carbonyl (C=O) groups is 2. The Hall–Kier alpha value is -1.32. The molecule has 3 aliphatic rings. The number of esters is 1. The topological polar surface area (TPSA) is 125 Å². The molecule has 194 valence electrons. The third-order valence-corrected chi connectivity index (χ3v) is 8.75. The van der Waals surface area contributed by atoms with Crippen molar-refractivity contribution in [3.8, 4) is 0 Å². The SMILES string of the molecule is C=C[C@@]1(C)CC(=O)[C@]2(O)[C@@]3(C)[C@@H](O)CCC(C)(C)[C@@H]3[C@H](O)[C@H](OC(=O)CNC(C)(C)C)[C@@]2(C)O1. The Bertz CT molecular complexity index is 866. The van der Waals surface area contributed by atoms with E-state index in [1.54, 1.807) is 13.8 Å². The summed E-state index contributed by atoms with van der Waals surface area (Å²) in [6.07, 6.45) is -1.44. The predicted molar refractivity (Wildman–Crippen MR) is 127 cm³/mol. The lowest BCUT2D eigenvalue weighted by molar-refractivity contribution is -0.370. The summed E-state index contributed by atoms with van der Waals surface area (Å²) in [5.74, 6) is -1.90. The molecule has 0 aromatic heterocycles. The van der Waals surface area contributed by atoms with Gasteiger partial charge in [0.25, 0.3) is 0 Å². The Balaban J connectivity index is 2.18. The number of ether oxygens (including phenoxy) is 2. The maximum atomic E-state index is 13.8. The summed E-state index contributed by atoms with van der Waals surface area (Å²) in [5, 5.41) is 38.5. The van der Waals surface area contributed by atoms with Gasteiger partial charge < -0.3 is 30.1 Å². The van der Waals surface area contributed by atoms with Crippen LogP contribution in [0.15, 0.2) is 12.7 Å². The molecule has 1 aliphatic heterocycles. The zero-order valence-corrected chi connectivity index (χ0v) is 21.9. The van der Waals surface area contributed by atoms with Crippen LogP contribution in [-0.4, -0.2) is 74.3 Å². The molecule has 1 saturated heterocycles. The Morgan fingerprint density at radius 2 is 1.82 bits per heavy atom. The van der Waals surface area contributed by atoms with Crippen molar-refractivity contribution in [2.45, 2.75) is 115 Å². The van der Waals surface area contributed by atoms with Crippen molar-refractivity contribution >= 4 is 11.8 Å². The summed E-state index contributed by atoms with van der Waals surface area (Å²) in [4.78, 5) is 26.7. The van der Waals surface area contributed by atoms with Crippen molar-refractivity contribution in [2.75, 3.05) is 6.54 Å². The largest absolute Gasteiger partial charge is 0.455 e. The van der Waals surface area contributed by atoms with E-state index in [9.17, 15) is 24.9 Å². The molecule has 0 bridgehead atoms. The molecule has 2 saturated carbocycles. The highest BCUT2D eigenvalue weighted by Crippen LogP contribution is 2.67. The molecule has 3 rings (SSSR count). The molecular weight excluding hydrogens is 438 g/mol. The molecule has 8 atom stereocenters. The monoisotopic (exact) mass is 481 g/mol. The summed E-state index contributed by atoms with van der Waals surface area (Å²) in [7, 11) is 0. The minimum absolute atomic E-state index is 0.123. The Morgan fingerprint density at radius 1 is 1.24 bits per heavy atom. The number of Topliss-reactive ketones (excluding diaryl/α,β-unsaturated/α-hetero) is 1. The van der Waals surface area contributed by atoms with Crippen molar-refractivity contribution in [2.24, 2.45) is 16.7 Å². The fourth-order valence-electron chi connectivity index (χ4n) is 7.00. The second-order valence-electron chi connectivity index (χ2n) is 12.8. The number of ketones is 1. The quantitative estimate of drug-likeness (QED) is 0.354. The first-order valence-corrected chi connectivity index (χ1v) is 12.2. The first kappa shape index (κ1) is 27.3. The van der Waals surface area contributed by atoms with E-state index in [0.29, 0.717) is 12.8 Å². The second-order valence-corrected chi connectivity index (χ2v) is 12.8. The van der Waals surface area contributed by atoms with Gasteiger partial charge in [0.1, 0.15) is 5.60 Å². The van der Waals surface area contributed by atoms with Crippen LogP contribution in [0, 0.1) is 16.7 Å². The van der Waals surface area contributed by atoms with Gasteiger partial charge in [-0.1, -0.05) is 26.8 Å². The number of nitrogens with one attached hydrogen (secondary N) is 1. The molecular formula is C26H43NO7. The van der Waals surface area contributed by atoms with E-state index in [1.807, 2.05) is 34.6 Å². The summed E-state index contributed by atoms with van der Waals surface area (Å²) in [5.41, 5.74) is -7.53. The van der Waals surface area contributed by atoms with Gasteiger partial charge in [-0.2, -0.15) is 0 Å². The molecule has 8 heteroatoms. The smallest absolute Gasteiger partial charge is 0.320 e. The van der Waals surface area contributed by atoms with Gasteiger partial charge in [0.2, 0.25) is 0 Å². The molecule has 3 fully saturated rings. The molecule has 1 heterocycles. The minimum Gasteiger partial charge on any atom is -0.455 e. The van der Waals surface area contributed by atoms with Crippen LogP contribution in [0.25, 0.3) is 0 Å². The Morgan fingerprint density at radius 3 is 2.35 bits per heavy atom. The van der Waals surface area contributed by atoms with Gasteiger partial charge in [-0.25, -0.2) is 0 Å². The molecule has 0 radical (unpaired) electrons. The van der Waals surface area contributed by atoms with Crippen LogP contribution < -0.4 is 5.32 Å². The highest BCUT2D eigenvalue weighted by atomic mass is 16.6. The van der Waals surface area contributed by atoms with E-state index >= 15 is 0 Å². The van der Waals surface area contributed by atoms with E-state index in [2.05, 4.69) is 11.9 Å². The molecule has 0 aromatic carbocycles. The molecule has 34 heavy (non-hydrogen) atoms. The van der Waals surface area contributed by atoms with E-state index < -0.39 is 63.6 Å². The third kappa shape index (κ3) is 3.77. The normalized spacial score (nSPS) is 46.3. The molecule has 2 aliphatic carbocycles. The highest BCUT2D eigenvalue weighted by molar-refractivity contribution is 5.92. The van der Waals surface area contributed by atoms with Crippen molar-refractivity contribution < 1.29 is 34.4 Å². The van der Waals surface area contributed by atoms with Gasteiger partial charge in [-0.05, 0) is 52.9 Å². The summed E-state index contributed by atoms with van der Waals surface area (Å²) >= 11 is 0. The fraction of sp³-hybridized carbons (Fsp3) is 0.846. The first-order valence-electron chi connectivity index (χ1n) is 12.2. The van der Waals surface area contributed by atoms with E-state index in [0.717, 1.165) is 0 Å². The number of aliphatic hydroxyl groups excluding tert-OH is 2. The van der Waals surface area contributed by atoms with Crippen LogP contribution >= 0.6 is 0 Å². The maximum absolute atomic E-state index is 13.8. The molecule has 4 N–H and O–H groups in total. The molecule has 0 aromatic rings. The number of fused-ring (bicyclic) bond motifs is 3. The van der Waals surface area contributed by atoms with Gasteiger partial charge in [-0.3, -0.25) is 9.59 Å². The first-order chi connectivity index (χ1) is 15.3. The summed E-state index contributed by atoms with van der Waals surface area (Å²) in [6.45, 7) is 18.1. The molecule has 0 unspecified atom stereocenters. The van der Waals surface area contributed by atoms with E-state index in [1.165, 1.54) is 13.0 Å². The number of carbonyl (C=O) groups excluding carboxylic acids is 2. The minimum atomic E-state index is -2.22. The summed E-state index contributed by atoms with van der Waals surface area (Å²) < 4.78 is 12.2. The second kappa shape index (κ2) is 8.10. The van der Waals surface area contributed by atoms with Gasteiger partial charge in [0, 0.05) is 23.3 Å². The van der Waals surface area contributed by atoms with Gasteiger partial charge in [0.05, 0.1) is 24.4 Å². The van der Waals surface area contributed by atoms with Gasteiger partial charge >= 0.3 is 5.97 Å².